The zero-order valence-electron chi connectivity index (χ0n) is 12.7. The van der Waals surface area contributed by atoms with Gasteiger partial charge in [0.05, 0.1) is 13.2 Å². The number of aliphatic hydroxyl groups excluding tert-OH is 1. The third-order valence-corrected chi connectivity index (χ3v) is 3.65. The molecule has 6 heteroatoms. The molecule has 1 unspecified atom stereocenters. The van der Waals surface area contributed by atoms with E-state index in [1.807, 2.05) is 37.3 Å². The maximum Gasteiger partial charge on any atom is 0.330 e. The first-order valence-electron chi connectivity index (χ1n) is 7.13. The van der Waals surface area contributed by atoms with Crippen LogP contribution in [-0.4, -0.2) is 27.9 Å². The van der Waals surface area contributed by atoms with E-state index in [1.54, 1.807) is 6.92 Å². The Morgan fingerprint density at radius 2 is 1.95 bits per heavy atom. The summed E-state index contributed by atoms with van der Waals surface area (Å²) in [5.74, 6) is -0.131. The second-order valence-electron chi connectivity index (χ2n) is 5.09. The normalized spacial score (nSPS) is 12.3. The van der Waals surface area contributed by atoms with Crippen LogP contribution < -0.4 is 11.2 Å². The Balaban J connectivity index is 2.52. The minimum atomic E-state index is -0.508. The largest absolute Gasteiger partial charge is 0.394 e. The predicted molar refractivity (Wildman–Crippen MR) is 83.1 cm³/mol. The summed E-state index contributed by atoms with van der Waals surface area (Å²) in [5, 5.41) is 8.80. The fourth-order valence-electron chi connectivity index (χ4n) is 2.49. The lowest BCUT2D eigenvalue weighted by atomic mass is 9.95. The van der Waals surface area contributed by atoms with E-state index in [1.165, 1.54) is 4.57 Å². The van der Waals surface area contributed by atoms with Gasteiger partial charge in [0, 0.05) is 17.2 Å². The lowest BCUT2D eigenvalue weighted by molar-refractivity contribution is 0.0438. The molecule has 6 nitrogen and oxygen atoms in total. The van der Waals surface area contributed by atoms with Crippen molar-refractivity contribution >= 4 is 0 Å². The number of hydrogen-bond donors (Lipinski definition) is 2. The summed E-state index contributed by atoms with van der Waals surface area (Å²) in [6.07, 6.45) is 0. The third-order valence-electron chi connectivity index (χ3n) is 3.65. The molecule has 1 heterocycles. The van der Waals surface area contributed by atoms with Gasteiger partial charge in [-0.3, -0.25) is 14.3 Å². The minimum absolute atomic E-state index is 0.0104. The molecule has 1 atom stereocenters. The standard InChI is InChI=1S/C16H20N2O4/c1-11(13-6-4-3-5-7-13)14-12(2)15(20)17-16(21)18(14)10-22-9-8-19/h3-7,11,19H,8-10H2,1-2H3,(H,17,20,21). The molecular formula is C16H20N2O4. The number of aliphatic hydroxyl groups is 1. The van der Waals surface area contributed by atoms with Crippen LogP contribution in [0.25, 0.3) is 0 Å². The van der Waals surface area contributed by atoms with Crippen LogP contribution in [0.2, 0.25) is 0 Å². The van der Waals surface area contributed by atoms with E-state index in [-0.39, 0.29) is 31.4 Å². The molecule has 1 aromatic carbocycles. The molecule has 0 spiro atoms. The summed E-state index contributed by atoms with van der Waals surface area (Å²) < 4.78 is 6.67. The van der Waals surface area contributed by atoms with Crippen molar-refractivity contribution in [3.63, 3.8) is 0 Å². The summed E-state index contributed by atoms with van der Waals surface area (Å²) in [6.45, 7) is 3.63. The first-order valence-corrected chi connectivity index (χ1v) is 7.13. The first kappa shape index (κ1) is 16.2. The highest BCUT2D eigenvalue weighted by molar-refractivity contribution is 5.31. The number of hydrogen-bond acceptors (Lipinski definition) is 4. The zero-order chi connectivity index (χ0) is 16.1. The quantitative estimate of drug-likeness (QED) is 0.779. The van der Waals surface area contributed by atoms with E-state index in [2.05, 4.69) is 4.98 Å². The molecule has 0 aliphatic heterocycles. The number of H-pyrrole nitrogens is 1. The SMILES string of the molecule is Cc1c(C(C)c2ccccc2)n(COCCO)c(=O)[nH]c1=O. The van der Waals surface area contributed by atoms with Crippen molar-refractivity contribution in [2.75, 3.05) is 13.2 Å². The van der Waals surface area contributed by atoms with Crippen LogP contribution in [0, 0.1) is 6.92 Å². The van der Waals surface area contributed by atoms with Crippen LogP contribution >= 0.6 is 0 Å². The van der Waals surface area contributed by atoms with Crippen molar-refractivity contribution in [1.82, 2.24) is 9.55 Å². The van der Waals surface area contributed by atoms with Crippen LogP contribution in [0.4, 0.5) is 0 Å². The van der Waals surface area contributed by atoms with Crippen LogP contribution in [0.3, 0.4) is 0 Å². The molecule has 0 radical (unpaired) electrons. The summed E-state index contributed by atoms with van der Waals surface area (Å²) in [5.41, 5.74) is 1.22. The number of aromatic amines is 1. The number of rotatable bonds is 6. The summed E-state index contributed by atoms with van der Waals surface area (Å²) >= 11 is 0. The van der Waals surface area contributed by atoms with Crippen LogP contribution in [0.5, 0.6) is 0 Å². The number of aromatic nitrogens is 2. The highest BCUT2D eigenvalue weighted by Crippen LogP contribution is 2.24. The van der Waals surface area contributed by atoms with Gasteiger partial charge in [0.25, 0.3) is 5.56 Å². The van der Waals surface area contributed by atoms with E-state index < -0.39 is 5.69 Å². The van der Waals surface area contributed by atoms with Crippen LogP contribution in [0.1, 0.15) is 29.7 Å². The van der Waals surface area contributed by atoms with Gasteiger partial charge < -0.3 is 9.84 Å². The molecule has 0 amide bonds. The molecule has 0 saturated carbocycles. The van der Waals surface area contributed by atoms with Gasteiger partial charge in [-0.2, -0.15) is 0 Å². The molecule has 22 heavy (non-hydrogen) atoms. The molecule has 118 valence electrons. The Kier molecular flexibility index (Phi) is 5.30. The third kappa shape index (κ3) is 3.35. The fourth-order valence-corrected chi connectivity index (χ4v) is 2.49. The van der Waals surface area contributed by atoms with Gasteiger partial charge in [-0.05, 0) is 12.5 Å². The maximum atomic E-state index is 12.1. The summed E-state index contributed by atoms with van der Waals surface area (Å²) in [6, 6.07) is 9.65. The predicted octanol–water partition coefficient (Wildman–Crippen LogP) is 0.963. The van der Waals surface area contributed by atoms with Crippen molar-refractivity contribution < 1.29 is 9.84 Å². The molecular weight excluding hydrogens is 284 g/mol. The van der Waals surface area contributed by atoms with E-state index in [4.69, 9.17) is 9.84 Å². The van der Waals surface area contributed by atoms with Gasteiger partial charge in [-0.25, -0.2) is 4.79 Å². The average molecular weight is 304 g/mol. The van der Waals surface area contributed by atoms with Crippen molar-refractivity contribution in [3.8, 4) is 0 Å². The molecule has 1 aromatic heterocycles. The zero-order valence-corrected chi connectivity index (χ0v) is 12.7. The summed E-state index contributed by atoms with van der Waals surface area (Å²) in [4.78, 5) is 26.3. The van der Waals surface area contributed by atoms with Crippen LogP contribution in [-0.2, 0) is 11.5 Å². The Morgan fingerprint density at radius 1 is 1.27 bits per heavy atom. The second-order valence-corrected chi connectivity index (χ2v) is 5.09. The van der Waals surface area contributed by atoms with E-state index in [0.717, 1.165) is 5.56 Å². The highest BCUT2D eigenvalue weighted by Gasteiger charge is 2.19. The monoisotopic (exact) mass is 304 g/mol. The molecule has 0 aliphatic rings. The van der Waals surface area contributed by atoms with E-state index in [0.29, 0.717) is 11.3 Å². The van der Waals surface area contributed by atoms with Gasteiger partial charge in [0.2, 0.25) is 0 Å². The number of benzene rings is 1. The molecule has 0 saturated heterocycles. The Hall–Kier alpha value is -2.18. The number of nitrogens with one attached hydrogen (secondary N) is 1. The average Bonchev–Trinajstić information content (AvgIpc) is 2.53. The second kappa shape index (κ2) is 7.20. The molecule has 0 fully saturated rings. The van der Waals surface area contributed by atoms with Crippen molar-refractivity contribution in [2.24, 2.45) is 0 Å². The molecule has 0 aliphatic carbocycles. The van der Waals surface area contributed by atoms with Gasteiger partial charge in [0.15, 0.2) is 0 Å². The van der Waals surface area contributed by atoms with Crippen LogP contribution in [0.15, 0.2) is 39.9 Å². The maximum absolute atomic E-state index is 12.1. The van der Waals surface area contributed by atoms with Crippen molar-refractivity contribution in [2.45, 2.75) is 26.5 Å². The molecule has 2 aromatic rings. The minimum Gasteiger partial charge on any atom is -0.394 e. The lowest BCUT2D eigenvalue weighted by Crippen LogP contribution is -2.36. The Labute approximate surface area is 128 Å². The molecule has 2 rings (SSSR count). The van der Waals surface area contributed by atoms with Gasteiger partial charge in [-0.15, -0.1) is 0 Å². The van der Waals surface area contributed by atoms with Gasteiger partial charge >= 0.3 is 5.69 Å². The van der Waals surface area contributed by atoms with Crippen molar-refractivity contribution in [3.05, 3.63) is 68.0 Å². The molecule has 2 N–H and O–H groups in total. The van der Waals surface area contributed by atoms with Gasteiger partial charge in [-0.1, -0.05) is 37.3 Å². The first-order chi connectivity index (χ1) is 10.6. The Morgan fingerprint density at radius 3 is 2.59 bits per heavy atom. The number of nitrogens with zero attached hydrogens (tertiary/aromatic N) is 1. The highest BCUT2D eigenvalue weighted by atomic mass is 16.5. The van der Waals surface area contributed by atoms with Crippen molar-refractivity contribution in [1.29, 1.82) is 0 Å². The molecule has 0 bridgehead atoms. The fraction of sp³-hybridized carbons (Fsp3) is 0.375. The Bertz CT molecular complexity index is 734. The smallest absolute Gasteiger partial charge is 0.330 e. The van der Waals surface area contributed by atoms with Gasteiger partial charge in [0.1, 0.15) is 6.73 Å². The topological polar surface area (TPSA) is 84.3 Å². The summed E-state index contributed by atoms with van der Waals surface area (Å²) in [7, 11) is 0. The lowest BCUT2D eigenvalue weighted by Gasteiger charge is -2.20. The number of ether oxygens (including phenoxy) is 1. The van der Waals surface area contributed by atoms with E-state index >= 15 is 0 Å². The van der Waals surface area contributed by atoms with E-state index in [9.17, 15) is 9.59 Å².